The zero-order chi connectivity index (χ0) is 35.3. The number of carbonyl (C=O) groups is 2. The van der Waals surface area contributed by atoms with Crippen LogP contribution in [0.4, 0.5) is 0 Å². The lowest BCUT2D eigenvalue weighted by molar-refractivity contribution is 0.0595. The molecule has 5 heterocycles. The maximum absolute atomic E-state index is 13.0. The highest BCUT2D eigenvalue weighted by atomic mass is 35.5. The first-order valence-electron chi connectivity index (χ1n) is 16.0. The molecule has 0 unspecified atom stereocenters. The zero-order valence-electron chi connectivity index (χ0n) is 27.7. The number of para-hydroxylation sites is 2. The molecule has 50 heavy (non-hydrogen) atoms. The number of amides is 2. The highest BCUT2D eigenvalue weighted by molar-refractivity contribution is 6.35. The van der Waals surface area contributed by atoms with Gasteiger partial charge in [-0.3, -0.25) is 14.5 Å². The summed E-state index contributed by atoms with van der Waals surface area (Å²) in [4.78, 5) is 36.8. The molecule has 7 aromatic rings. The summed E-state index contributed by atoms with van der Waals surface area (Å²) in [6, 6.07) is 25.2. The van der Waals surface area contributed by atoms with E-state index in [1.807, 2.05) is 88.5 Å². The minimum absolute atomic E-state index is 0.134. The fourth-order valence-corrected chi connectivity index (χ4v) is 6.56. The molecule has 0 spiro atoms. The van der Waals surface area contributed by atoms with Crippen LogP contribution < -0.4 is 5.73 Å². The number of aromatic nitrogens is 6. The maximum atomic E-state index is 13.0. The molecular formula is C38H32Cl2N8O2. The average Bonchev–Trinajstić information content (AvgIpc) is 3.81. The first kappa shape index (κ1) is 33.1. The van der Waals surface area contributed by atoms with Crippen molar-refractivity contribution < 1.29 is 9.59 Å². The van der Waals surface area contributed by atoms with Gasteiger partial charge in [0.2, 0.25) is 0 Å². The van der Waals surface area contributed by atoms with E-state index >= 15 is 0 Å². The SMILES string of the molecule is Cc1ccn(-c2nc3c(Cl)cccc3cc2[C@H](C)N)n1.Cc1ccn(-c2nc3c(Cl)cccc3cc2[C@H](C)N2C(=O)c3ccccc3C2=O)n1. The van der Waals surface area contributed by atoms with Crippen molar-refractivity contribution in [2.75, 3.05) is 0 Å². The van der Waals surface area contributed by atoms with Gasteiger partial charge in [0.25, 0.3) is 11.8 Å². The van der Waals surface area contributed by atoms with Gasteiger partial charge in [-0.1, -0.05) is 59.6 Å². The van der Waals surface area contributed by atoms with E-state index < -0.39 is 6.04 Å². The third-order valence-electron chi connectivity index (χ3n) is 8.64. The van der Waals surface area contributed by atoms with E-state index in [2.05, 4.69) is 15.2 Å². The number of nitrogens with zero attached hydrogens (tertiary/aromatic N) is 7. The summed E-state index contributed by atoms with van der Waals surface area (Å²) >= 11 is 12.6. The van der Waals surface area contributed by atoms with Gasteiger partial charge in [0, 0.05) is 40.3 Å². The van der Waals surface area contributed by atoms with Crippen molar-refractivity contribution >= 4 is 56.8 Å². The molecule has 4 aromatic heterocycles. The average molecular weight is 704 g/mol. The Bertz CT molecular complexity index is 2420. The highest BCUT2D eigenvalue weighted by Gasteiger charge is 2.39. The van der Waals surface area contributed by atoms with Crippen LogP contribution in [-0.4, -0.2) is 46.2 Å². The second-order valence-electron chi connectivity index (χ2n) is 12.2. The monoisotopic (exact) mass is 702 g/mol. The number of pyridine rings is 2. The first-order valence-corrected chi connectivity index (χ1v) is 16.7. The summed E-state index contributed by atoms with van der Waals surface area (Å²) in [5.74, 6) is 0.648. The molecule has 1 aliphatic heterocycles. The fraction of sp³-hybridized carbons (Fsp3) is 0.158. The van der Waals surface area contributed by atoms with E-state index in [0.717, 1.165) is 39.1 Å². The van der Waals surface area contributed by atoms with Crippen LogP contribution in [0.3, 0.4) is 0 Å². The van der Waals surface area contributed by atoms with Crippen LogP contribution >= 0.6 is 23.2 Å². The summed E-state index contributed by atoms with van der Waals surface area (Å²) in [5.41, 5.74) is 11.7. The molecule has 0 fully saturated rings. The second kappa shape index (κ2) is 13.1. The smallest absolute Gasteiger partial charge is 0.262 e. The van der Waals surface area contributed by atoms with Gasteiger partial charge in [0.15, 0.2) is 11.6 Å². The molecule has 10 nitrogen and oxygen atoms in total. The number of nitrogens with two attached hydrogens (primary N) is 1. The van der Waals surface area contributed by atoms with Crippen molar-refractivity contribution in [2.24, 2.45) is 5.73 Å². The Morgan fingerprint density at radius 1 is 0.640 bits per heavy atom. The fourth-order valence-electron chi connectivity index (χ4n) is 6.11. The van der Waals surface area contributed by atoms with E-state index in [9.17, 15) is 9.59 Å². The van der Waals surface area contributed by atoms with Crippen LogP contribution in [0.2, 0.25) is 10.0 Å². The highest BCUT2D eigenvalue weighted by Crippen LogP contribution is 2.36. The van der Waals surface area contributed by atoms with E-state index in [1.54, 1.807) is 45.9 Å². The summed E-state index contributed by atoms with van der Waals surface area (Å²) < 4.78 is 3.40. The molecular weight excluding hydrogens is 671 g/mol. The number of hydrogen-bond donors (Lipinski definition) is 1. The van der Waals surface area contributed by atoms with Gasteiger partial charge in [-0.2, -0.15) is 10.2 Å². The topological polar surface area (TPSA) is 125 Å². The minimum Gasteiger partial charge on any atom is -0.324 e. The number of imide groups is 1. The number of halogens is 2. The van der Waals surface area contributed by atoms with Gasteiger partial charge in [-0.05, 0) is 76.2 Å². The third kappa shape index (κ3) is 5.91. The number of benzene rings is 3. The van der Waals surface area contributed by atoms with Gasteiger partial charge in [0.1, 0.15) is 0 Å². The molecule has 1 aliphatic rings. The standard InChI is InChI=1S/C23H17ClN4O2.C15H15ClN4/c1-13-10-11-27(26-13)21-18(12-15-6-5-9-19(24)20(15)25-21)14(2)28-22(29)16-7-3-4-8-17(16)23(28)30;1-9-6-7-20(19-9)15-12(10(2)17)8-11-4-3-5-13(16)14(11)18-15/h3-12,14H,1-2H3;3-8,10H,17H2,1-2H3/t14-;10-/m00/s1. The Balaban J connectivity index is 0.000000170. The lowest BCUT2D eigenvalue weighted by Crippen LogP contribution is -2.33. The normalized spacial score (nSPS) is 13.8. The largest absolute Gasteiger partial charge is 0.324 e. The van der Waals surface area contributed by atoms with Crippen LogP contribution in [-0.2, 0) is 0 Å². The van der Waals surface area contributed by atoms with Crippen molar-refractivity contribution in [3.8, 4) is 11.6 Å². The summed E-state index contributed by atoms with van der Waals surface area (Å²) in [5, 5.41) is 11.9. The molecule has 8 rings (SSSR count). The Labute approximate surface area is 298 Å². The van der Waals surface area contributed by atoms with Crippen LogP contribution in [0.1, 0.15) is 69.2 Å². The van der Waals surface area contributed by atoms with E-state index in [4.69, 9.17) is 33.9 Å². The predicted octanol–water partition coefficient (Wildman–Crippen LogP) is 8.14. The van der Waals surface area contributed by atoms with E-state index in [0.29, 0.717) is 38.1 Å². The first-order chi connectivity index (χ1) is 24.0. The van der Waals surface area contributed by atoms with Crippen LogP contribution in [0.25, 0.3) is 33.4 Å². The van der Waals surface area contributed by atoms with Gasteiger partial charge >= 0.3 is 0 Å². The molecule has 2 atom stereocenters. The second-order valence-corrected chi connectivity index (χ2v) is 13.0. The molecule has 12 heteroatoms. The summed E-state index contributed by atoms with van der Waals surface area (Å²) in [6.07, 6.45) is 3.69. The Morgan fingerprint density at radius 3 is 1.54 bits per heavy atom. The molecule has 2 amide bonds. The van der Waals surface area contributed by atoms with Gasteiger partial charge in [0.05, 0.1) is 49.6 Å². The maximum Gasteiger partial charge on any atom is 0.262 e. The molecule has 0 bridgehead atoms. The number of aryl methyl sites for hydroxylation is 2. The van der Waals surface area contributed by atoms with Crippen molar-refractivity contribution in [1.82, 2.24) is 34.4 Å². The van der Waals surface area contributed by atoms with Crippen molar-refractivity contribution in [3.63, 3.8) is 0 Å². The number of carbonyl (C=O) groups excluding carboxylic acids is 2. The lowest BCUT2D eigenvalue weighted by atomic mass is 10.0. The molecule has 0 saturated heterocycles. The third-order valence-corrected chi connectivity index (χ3v) is 9.25. The molecule has 250 valence electrons. The summed E-state index contributed by atoms with van der Waals surface area (Å²) in [6.45, 7) is 7.59. The minimum atomic E-state index is -0.548. The van der Waals surface area contributed by atoms with Crippen molar-refractivity contribution in [1.29, 1.82) is 0 Å². The molecule has 0 radical (unpaired) electrons. The van der Waals surface area contributed by atoms with Crippen LogP contribution in [0.15, 0.2) is 97.3 Å². The Hall–Kier alpha value is -5.42. The molecule has 0 saturated carbocycles. The Morgan fingerprint density at radius 2 is 1.10 bits per heavy atom. The van der Waals surface area contributed by atoms with Gasteiger partial charge in [-0.15, -0.1) is 0 Å². The van der Waals surface area contributed by atoms with E-state index in [1.165, 1.54) is 4.90 Å². The summed E-state index contributed by atoms with van der Waals surface area (Å²) in [7, 11) is 0. The quantitative estimate of drug-likeness (QED) is 0.180. The van der Waals surface area contributed by atoms with Crippen molar-refractivity contribution in [2.45, 2.75) is 39.8 Å². The van der Waals surface area contributed by atoms with Gasteiger partial charge in [-0.25, -0.2) is 19.3 Å². The number of fused-ring (bicyclic) bond motifs is 3. The molecule has 2 N–H and O–H groups in total. The number of hydrogen-bond acceptors (Lipinski definition) is 7. The molecule has 0 aliphatic carbocycles. The number of rotatable bonds is 5. The predicted molar refractivity (Wildman–Crippen MR) is 195 cm³/mol. The zero-order valence-corrected chi connectivity index (χ0v) is 29.2. The van der Waals surface area contributed by atoms with E-state index in [-0.39, 0.29) is 17.9 Å². The van der Waals surface area contributed by atoms with Crippen LogP contribution in [0, 0.1) is 13.8 Å². The lowest BCUT2D eigenvalue weighted by Gasteiger charge is -2.25. The Kier molecular flexibility index (Phi) is 8.69. The van der Waals surface area contributed by atoms with Crippen molar-refractivity contribution in [3.05, 3.63) is 141 Å². The van der Waals surface area contributed by atoms with Gasteiger partial charge < -0.3 is 5.73 Å². The molecule has 3 aromatic carbocycles. The van der Waals surface area contributed by atoms with Crippen LogP contribution in [0.5, 0.6) is 0 Å².